The van der Waals surface area contributed by atoms with E-state index in [1.165, 1.54) is 18.2 Å². The van der Waals surface area contributed by atoms with E-state index in [0.717, 1.165) is 12.1 Å². The summed E-state index contributed by atoms with van der Waals surface area (Å²) >= 11 is 0. The first-order chi connectivity index (χ1) is 13.3. The smallest absolute Gasteiger partial charge is 0.416 e. The first-order valence-corrected chi connectivity index (χ1v) is 8.26. The number of halogens is 3. The molecule has 2 aromatic rings. The zero-order valence-electron chi connectivity index (χ0n) is 14.9. The first-order valence-electron chi connectivity index (χ1n) is 8.26. The van der Waals surface area contributed by atoms with Gasteiger partial charge in [0.05, 0.1) is 17.9 Å². The Kier molecular flexibility index (Phi) is 7.04. The summed E-state index contributed by atoms with van der Waals surface area (Å²) in [6.45, 7) is 1.86. The van der Waals surface area contributed by atoms with Crippen molar-refractivity contribution in [3.63, 3.8) is 0 Å². The highest BCUT2D eigenvalue weighted by Gasteiger charge is 2.31. The summed E-state index contributed by atoms with van der Waals surface area (Å²) < 4.78 is 49.1. The van der Waals surface area contributed by atoms with Crippen molar-refractivity contribution in [3.05, 3.63) is 59.7 Å². The minimum absolute atomic E-state index is 0.0634. The Bertz CT molecular complexity index is 885. The lowest BCUT2D eigenvalue weighted by Crippen LogP contribution is -2.12. The van der Waals surface area contributed by atoms with Crippen LogP contribution in [0.2, 0.25) is 0 Å². The Morgan fingerprint density at radius 1 is 1.18 bits per heavy atom. The number of amides is 1. The van der Waals surface area contributed by atoms with Crippen molar-refractivity contribution in [1.29, 1.82) is 5.26 Å². The van der Waals surface area contributed by atoms with Crippen LogP contribution in [0.5, 0.6) is 11.5 Å². The summed E-state index contributed by atoms with van der Waals surface area (Å²) in [5.41, 5.74) is -0.275. The van der Waals surface area contributed by atoms with Gasteiger partial charge in [0.15, 0.2) is 6.61 Å². The molecule has 0 spiro atoms. The fourth-order valence-corrected chi connectivity index (χ4v) is 2.22. The lowest BCUT2D eigenvalue weighted by Gasteiger charge is -2.14. The van der Waals surface area contributed by atoms with Crippen LogP contribution in [0.1, 0.15) is 18.1 Å². The van der Waals surface area contributed by atoms with Crippen molar-refractivity contribution in [1.82, 2.24) is 0 Å². The van der Waals surface area contributed by atoms with E-state index >= 15 is 0 Å². The van der Waals surface area contributed by atoms with Gasteiger partial charge in [-0.2, -0.15) is 18.4 Å². The summed E-state index contributed by atoms with van der Waals surface area (Å²) in [7, 11) is 0. The number of nitrogens with zero attached hydrogens (tertiary/aromatic N) is 1. The number of carbonyl (C=O) groups is 1. The molecule has 0 radical (unpaired) electrons. The highest BCUT2D eigenvalue weighted by molar-refractivity contribution is 6.02. The molecule has 2 aromatic carbocycles. The molecule has 0 fully saturated rings. The summed E-state index contributed by atoms with van der Waals surface area (Å²) in [6, 6.07) is 11.4. The summed E-state index contributed by atoms with van der Waals surface area (Å²) in [4.78, 5) is 12.1. The van der Waals surface area contributed by atoms with Crippen LogP contribution in [0.15, 0.2) is 48.5 Å². The lowest BCUT2D eigenvalue weighted by molar-refractivity contribution is -0.137. The predicted molar refractivity (Wildman–Crippen MR) is 97.8 cm³/mol. The third kappa shape index (κ3) is 6.06. The van der Waals surface area contributed by atoms with E-state index in [4.69, 9.17) is 14.7 Å². The van der Waals surface area contributed by atoms with E-state index in [1.54, 1.807) is 31.2 Å². The van der Waals surface area contributed by atoms with E-state index in [1.807, 2.05) is 6.07 Å². The topological polar surface area (TPSA) is 71.3 Å². The Morgan fingerprint density at radius 3 is 2.50 bits per heavy atom. The number of hydrogen-bond donors (Lipinski definition) is 1. The monoisotopic (exact) mass is 390 g/mol. The van der Waals surface area contributed by atoms with Gasteiger partial charge in [0.25, 0.3) is 0 Å². The van der Waals surface area contributed by atoms with Gasteiger partial charge in [-0.15, -0.1) is 0 Å². The molecule has 0 aliphatic heterocycles. The zero-order chi connectivity index (χ0) is 20.6. The molecule has 0 saturated heterocycles. The maximum absolute atomic E-state index is 12.9. The number of ether oxygens (including phenoxy) is 2. The van der Waals surface area contributed by atoms with Gasteiger partial charge in [-0.1, -0.05) is 12.1 Å². The quantitative estimate of drug-likeness (QED) is 0.698. The number of anilines is 1. The lowest BCUT2D eigenvalue weighted by atomic mass is 10.1. The first kappa shape index (κ1) is 20.8. The average Bonchev–Trinajstić information content (AvgIpc) is 2.66. The van der Waals surface area contributed by atoms with E-state index in [9.17, 15) is 18.0 Å². The van der Waals surface area contributed by atoms with Gasteiger partial charge in [0.2, 0.25) is 5.91 Å². The number of carbonyl (C=O) groups excluding carboxylic acids is 1. The van der Waals surface area contributed by atoms with E-state index in [-0.39, 0.29) is 24.7 Å². The van der Waals surface area contributed by atoms with Crippen molar-refractivity contribution >= 4 is 17.7 Å². The van der Waals surface area contributed by atoms with Crippen molar-refractivity contribution in [2.75, 3.05) is 18.5 Å². The van der Waals surface area contributed by atoms with Crippen LogP contribution >= 0.6 is 0 Å². The van der Waals surface area contributed by atoms with Crippen LogP contribution in [-0.4, -0.2) is 19.1 Å². The standard InChI is InChI=1S/C20H17F3N2O3/c1-2-27-18-9-6-15(20(21,22)23)13-17(18)25-19(26)10-5-14-3-7-16(8-4-14)28-12-11-24/h3-10,13H,2,12H2,1H3,(H,25,26)/b10-5+. The molecule has 0 unspecified atom stereocenters. The second kappa shape index (κ2) is 9.46. The average molecular weight is 390 g/mol. The molecule has 146 valence electrons. The highest BCUT2D eigenvalue weighted by atomic mass is 19.4. The minimum atomic E-state index is -4.53. The zero-order valence-corrected chi connectivity index (χ0v) is 14.9. The Morgan fingerprint density at radius 2 is 1.89 bits per heavy atom. The SMILES string of the molecule is CCOc1ccc(C(F)(F)F)cc1NC(=O)/C=C/c1ccc(OCC#N)cc1. The fourth-order valence-electron chi connectivity index (χ4n) is 2.22. The van der Waals surface area contributed by atoms with Gasteiger partial charge < -0.3 is 14.8 Å². The maximum atomic E-state index is 12.9. The van der Waals surface area contributed by atoms with Crippen molar-refractivity contribution < 1.29 is 27.4 Å². The molecule has 28 heavy (non-hydrogen) atoms. The highest BCUT2D eigenvalue weighted by Crippen LogP contribution is 2.35. The molecular formula is C20H17F3N2O3. The predicted octanol–water partition coefficient (Wildman–Crippen LogP) is 4.66. The van der Waals surface area contributed by atoms with E-state index < -0.39 is 17.6 Å². The van der Waals surface area contributed by atoms with E-state index in [2.05, 4.69) is 5.32 Å². The van der Waals surface area contributed by atoms with Gasteiger partial charge in [0.1, 0.15) is 17.6 Å². The largest absolute Gasteiger partial charge is 0.492 e. The Labute approximate surface area is 160 Å². The number of nitrogens with one attached hydrogen (secondary N) is 1. The van der Waals surface area contributed by atoms with Crippen LogP contribution in [0.25, 0.3) is 6.08 Å². The van der Waals surface area contributed by atoms with Gasteiger partial charge in [-0.05, 0) is 48.9 Å². The van der Waals surface area contributed by atoms with Crippen LogP contribution in [0.3, 0.4) is 0 Å². The minimum Gasteiger partial charge on any atom is -0.492 e. The molecular weight excluding hydrogens is 373 g/mol. The normalized spacial score (nSPS) is 11.1. The summed E-state index contributed by atoms with van der Waals surface area (Å²) in [5, 5.41) is 10.9. The van der Waals surface area contributed by atoms with Gasteiger partial charge in [0, 0.05) is 6.08 Å². The third-order valence-electron chi connectivity index (χ3n) is 3.48. The number of nitriles is 1. The molecule has 0 aliphatic rings. The van der Waals surface area contributed by atoms with Crippen LogP contribution in [0, 0.1) is 11.3 Å². The number of alkyl halides is 3. The molecule has 8 heteroatoms. The molecule has 0 heterocycles. The molecule has 1 amide bonds. The van der Waals surface area contributed by atoms with Crippen LogP contribution in [-0.2, 0) is 11.0 Å². The third-order valence-corrected chi connectivity index (χ3v) is 3.48. The van der Waals surface area contributed by atoms with Crippen molar-refractivity contribution in [2.45, 2.75) is 13.1 Å². The summed E-state index contributed by atoms with van der Waals surface area (Å²) in [5.74, 6) is 0.0507. The number of hydrogen-bond acceptors (Lipinski definition) is 4. The second-order valence-electron chi connectivity index (χ2n) is 5.48. The second-order valence-corrected chi connectivity index (χ2v) is 5.48. The van der Waals surface area contributed by atoms with Gasteiger partial charge >= 0.3 is 6.18 Å². The van der Waals surface area contributed by atoms with E-state index in [0.29, 0.717) is 11.3 Å². The molecule has 1 N–H and O–H groups in total. The fraction of sp³-hybridized carbons (Fsp3) is 0.200. The molecule has 0 saturated carbocycles. The molecule has 2 rings (SSSR count). The van der Waals surface area contributed by atoms with Crippen LogP contribution < -0.4 is 14.8 Å². The van der Waals surface area contributed by atoms with Crippen LogP contribution in [0.4, 0.5) is 18.9 Å². The number of benzene rings is 2. The Hall–Kier alpha value is -3.47. The molecule has 0 atom stereocenters. The number of rotatable bonds is 7. The maximum Gasteiger partial charge on any atom is 0.416 e. The summed E-state index contributed by atoms with van der Waals surface area (Å²) in [6.07, 6.45) is -1.84. The molecule has 0 aliphatic carbocycles. The molecule has 5 nitrogen and oxygen atoms in total. The molecule has 0 bridgehead atoms. The van der Waals surface area contributed by atoms with Crippen molar-refractivity contribution in [2.24, 2.45) is 0 Å². The van der Waals surface area contributed by atoms with Crippen molar-refractivity contribution in [3.8, 4) is 17.6 Å². The Balaban J connectivity index is 2.11. The van der Waals surface area contributed by atoms with Gasteiger partial charge in [-0.3, -0.25) is 4.79 Å². The van der Waals surface area contributed by atoms with Gasteiger partial charge in [-0.25, -0.2) is 0 Å². The molecule has 0 aromatic heterocycles.